The molecule has 1 N–H and O–H groups in total. The molecule has 1 atom stereocenters. The minimum atomic E-state index is -0.691. The van der Waals surface area contributed by atoms with E-state index in [-0.39, 0.29) is 0 Å². The van der Waals surface area contributed by atoms with Crippen molar-refractivity contribution in [3.8, 4) is 0 Å². The Morgan fingerprint density at radius 3 is 3.00 bits per heavy atom. The van der Waals surface area contributed by atoms with Crippen LogP contribution >= 0.6 is 0 Å². The molecule has 0 spiro atoms. The van der Waals surface area contributed by atoms with Crippen LogP contribution in [-0.4, -0.2) is 48.3 Å². The molecule has 1 aliphatic rings. The minimum absolute atomic E-state index is 0.293. The van der Waals surface area contributed by atoms with Crippen LogP contribution in [0.25, 0.3) is 0 Å². The van der Waals surface area contributed by atoms with Crippen molar-refractivity contribution in [1.82, 2.24) is 4.90 Å². The highest BCUT2D eigenvalue weighted by Crippen LogP contribution is 2.11. The van der Waals surface area contributed by atoms with Crippen LogP contribution in [0.5, 0.6) is 0 Å². The lowest BCUT2D eigenvalue weighted by Crippen LogP contribution is -2.45. The lowest BCUT2D eigenvalue weighted by Gasteiger charge is -2.34. The van der Waals surface area contributed by atoms with E-state index in [1.54, 1.807) is 0 Å². The lowest BCUT2D eigenvalue weighted by atomic mass is 10.1. The first kappa shape index (κ1) is 12.5. The van der Waals surface area contributed by atoms with Crippen molar-refractivity contribution in [2.24, 2.45) is 0 Å². The van der Waals surface area contributed by atoms with Gasteiger partial charge in [-0.15, -0.1) is 0 Å². The Morgan fingerprint density at radius 2 is 2.33 bits per heavy atom. The molecule has 0 saturated carbocycles. The molecular formula is C11H21NO3. The summed E-state index contributed by atoms with van der Waals surface area (Å²) in [5.41, 5.74) is 0. The zero-order valence-corrected chi connectivity index (χ0v) is 9.45. The second-order valence-electron chi connectivity index (χ2n) is 4.02. The van der Waals surface area contributed by atoms with Crippen molar-refractivity contribution >= 4 is 5.97 Å². The summed E-state index contributed by atoms with van der Waals surface area (Å²) in [5.74, 6) is -0.691. The third-order valence-corrected chi connectivity index (χ3v) is 2.91. The number of aliphatic carboxylic acids is 1. The van der Waals surface area contributed by atoms with Crippen molar-refractivity contribution in [2.45, 2.75) is 38.6 Å². The molecule has 0 radical (unpaired) electrons. The molecule has 1 fully saturated rings. The Hall–Kier alpha value is -0.610. The topological polar surface area (TPSA) is 49.8 Å². The lowest BCUT2D eigenvalue weighted by molar-refractivity contribution is -0.137. The van der Waals surface area contributed by atoms with E-state index in [0.717, 1.165) is 45.6 Å². The standard InChI is InChI=1S/C11H21NO3/c1-2-10-9-15-8-7-12(10)6-4-3-5-11(13)14/h10H,2-9H2,1H3,(H,13,14). The van der Waals surface area contributed by atoms with Crippen LogP contribution in [0.4, 0.5) is 0 Å². The first-order valence-electron chi connectivity index (χ1n) is 5.77. The van der Waals surface area contributed by atoms with Crippen LogP contribution in [0.2, 0.25) is 0 Å². The highest BCUT2D eigenvalue weighted by Gasteiger charge is 2.20. The van der Waals surface area contributed by atoms with Crippen LogP contribution in [-0.2, 0) is 9.53 Å². The number of nitrogens with zero attached hydrogens (tertiary/aromatic N) is 1. The van der Waals surface area contributed by atoms with Gasteiger partial charge in [-0.3, -0.25) is 9.69 Å². The normalized spacial score (nSPS) is 22.9. The van der Waals surface area contributed by atoms with Gasteiger partial charge in [-0.1, -0.05) is 6.92 Å². The van der Waals surface area contributed by atoms with Gasteiger partial charge in [0.15, 0.2) is 0 Å². The molecule has 1 unspecified atom stereocenters. The zero-order valence-electron chi connectivity index (χ0n) is 9.45. The number of carbonyl (C=O) groups is 1. The number of rotatable bonds is 6. The quantitative estimate of drug-likeness (QED) is 0.679. The van der Waals surface area contributed by atoms with E-state index in [9.17, 15) is 4.79 Å². The van der Waals surface area contributed by atoms with Gasteiger partial charge in [0.25, 0.3) is 0 Å². The number of ether oxygens (including phenoxy) is 1. The molecule has 1 saturated heterocycles. The summed E-state index contributed by atoms with van der Waals surface area (Å²) in [4.78, 5) is 12.8. The molecule has 1 heterocycles. The van der Waals surface area contributed by atoms with Crippen molar-refractivity contribution in [2.75, 3.05) is 26.3 Å². The third-order valence-electron chi connectivity index (χ3n) is 2.91. The van der Waals surface area contributed by atoms with E-state index in [0.29, 0.717) is 12.5 Å². The molecule has 0 aromatic heterocycles. The second kappa shape index (κ2) is 6.80. The molecule has 4 heteroatoms. The first-order valence-corrected chi connectivity index (χ1v) is 5.77. The Bertz CT molecular complexity index is 196. The molecule has 4 nitrogen and oxygen atoms in total. The summed E-state index contributed by atoms with van der Waals surface area (Å²) in [6.07, 6.45) is 3.16. The molecule has 0 aromatic carbocycles. The molecule has 88 valence electrons. The summed E-state index contributed by atoms with van der Waals surface area (Å²) < 4.78 is 5.41. The fraction of sp³-hybridized carbons (Fsp3) is 0.909. The summed E-state index contributed by atoms with van der Waals surface area (Å²) in [7, 11) is 0. The summed E-state index contributed by atoms with van der Waals surface area (Å²) in [5, 5.41) is 8.52. The predicted molar refractivity (Wildman–Crippen MR) is 58.0 cm³/mol. The van der Waals surface area contributed by atoms with Crippen molar-refractivity contribution < 1.29 is 14.6 Å². The summed E-state index contributed by atoms with van der Waals surface area (Å²) >= 11 is 0. The molecule has 1 aliphatic heterocycles. The number of carboxylic acids is 1. The summed E-state index contributed by atoms with van der Waals surface area (Å²) in [6.45, 7) is 5.81. The van der Waals surface area contributed by atoms with Crippen LogP contribution in [0.1, 0.15) is 32.6 Å². The average Bonchev–Trinajstić information content (AvgIpc) is 2.24. The van der Waals surface area contributed by atoms with E-state index in [4.69, 9.17) is 9.84 Å². The molecule has 15 heavy (non-hydrogen) atoms. The van der Waals surface area contributed by atoms with Crippen LogP contribution in [0.15, 0.2) is 0 Å². The van der Waals surface area contributed by atoms with Gasteiger partial charge in [-0.2, -0.15) is 0 Å². The SMILES string of the molecule is CCC1COCCN1CCCCC(=O)O. The smallest absolute Gasteiger partial charge is 0.303 e. The fourth-order valence-corrected chi connectivity index (χ4v) is 1.95. The van der Waals surface area contributed by atoms with Gasteiger partial charge < -0.3 is 9.84 Å². The van der Waals surface area contributed by atoms with Crippen molar-refractivity contribution in [3.05, 3.63) is 0 Å². The summed E-state index contributed by atoms with van der Waals surface area (Å²) in [6, 6.07) is 0.531. The van der Waals surface area contributed by atoms with E-state index >= 15 is 0 Å². The van der Waals surface area contributed by atoms with Gasteiger partial charge in [0, 0.05) is 19.0 Å². The average molecular weight is 215 g/mol. The number of hydrogen-bond acceptors (Lipinski definition) is 3. The highest BCUT2D eigenvalue weighted by atomic mass is 16.5. The van der Waals surface area contributed by atoms with E-state index in [1.165, 1.54) is 0 Å². The zero-order chi connectivity index (χ0) is 11.1. The number of unbranched alkanes of at least 4 members (excludes halogenated alkanes) is 1. The molecule has 0 aromatic rings. The largest absolute Gasteiger partial charge is 0.481 e. The van der Waals surface area contributed by atoms with Gasteiger partial charge in [0.1, 0.15) is 0 Å². The van der Waals surface area contributed by atoms with E-state index in [2.05, 4.69) is 11.8 Å². The maximum absolute atomic E-state index is 10.3. The fourth-order valence-electron chi connectivity index (χ4n) is 1.95. The molecule has 1 rings (SSSR count). The van der Waals surface area contributed by atoms with Crippen LogP contribution < -0.4 is 0 Å². The van der Waals surface area contributed by atoms with Crippen molar-refractivity contribution in [3.63, 3.8) is 0 Å². The van der Waals surface area contributed by atoms with Crippen LogP contribution in [0.3, 0.4) is 0 Å². The van der Waals surface area contributed by atoms with E-state index < -0.39 is 5.97 Å². The highest BCUT2D eigenvalue weighted by molar-refractivity contribution is 5.66. The van der Waals surface area contributed by atoms with Gasteiger partial charge in [-0.25, -0.2) is 0 Å². The Morgan fingerprint density at radius 1 is 1.53 bits per heavy atom. The van der Waals surface area contributed by atoms with Gasteiger partial charge >= 0.3 is 5.97 Å². The number of hydrogen-bond donors (Lipinski definition) is 1. The molecule has 0 bridgehead atoms. The maximum atomic E-state index is 10.3. The van der Waals surface area contributed by atoms with Crippen molar-refractivity contribution in [1.29, 1.82) is 0 Å². The van der Waals surface area contributed by atoms with Gasteiger partial charge in [-0.05, 0) is 25.8 Å². The van der Waals surface area contributed by atoms with Crippen LogP contribution in [0, 0.1) is 0 Å². The Balaban J connectivity index is 2.15. The first-order chi connectivity index (χ1) is 7.24. The molecule has 0 aliphatic carbocycles. The maximum Gasteiger partial charge on any atom is 0.303 e. The number of morpholine rings is 1. The Labute approximate surface area is 91.2 Å². The number of carboxylic acid groups (broad SMARTS) is 1. The minimum Gasteiger partial charge on any atom is -0.481 e. The van der Waals surface area contributed by atoms with Gasteiger partial charge in [0.2, 0.25) is 0 Å². The molecule has 0 amide bonds. The van der Waals surface area contributed by atoms with E-state index in [1.807, 2.05) is 0 Å². The Kier molecular flexibility index (Phi) is 5.65. The second-order valence-corrected chi connectivity index (χ2v) is 4.02. The monoisotopic (exact) mass is 215 g/mol. The van der Waals surface area contributed by atoms with Gasteiger partial charge in [0.05, 0.1) is 13.2 Å². The predicted octanol–water partition coefficient (Wildman–Crippen LogP) is 1.35. The third kappa shape index (κ3) is 4.62. The molecular weight excluding hydrogens is 194 g/mol.